The lowest BCUT2D eigenvalue weighted by Gasteiger charge is -2.10. The maximum absolute atomic E-state index is 11.0. The van der Waals surface area contributed by atoms with Gasteiger partial charge in [-0.05, 0) is 19.1 Å². The molecule has 0 saturated heterocycles. The van der Waals surface area contributed by atoms with Crippen molar-refractivity contribution in [2.75, 3.05) is 7.11 Å². The maximum atomic E-state index is 11.0. The maximum Gasteiger partial charge on any atom is 0.153 e. The molecule has 0 N–H and O–H groups in total. The topological polar surface area (TPSA) is 53.4 Å². The van der Waals surface area contributed by atoms with Crippen LogP contribution >= 0.6 is 11.6 Å². The first-order chi connectivity index (χ1) is 9.56. The molecule has 0 aliphatic carbocycles. The van der Waals surface area contributed by atoms with Crippen LogP contribution in [-0.4, -0.2) is 23.2 Å². The molecule has 0 aliphatic heterocycles. The fourth-order valence-electron chi connectivity index (χ4n) is 1.85. The summed E-state index contributed by atoms with van der Waals surface area (Å²) >= 11 is 6.15. The van der Waals surface area contributed by atoms with Crippen LogP contribution in [0.4, 0.5) is 0 Å². The Morgan fingerprint density at radius 1 is 1.45 bits per heavy atom. The molecule has 5 nitrogen and oxygen atoms in total. The molecule has 0 saturated carbocycles. The Morgan fingerprint density at radius 2 is 2.20 bits per heavy atom. The smallest absolute Gasteiger partial charge is 0.153 e. The Hall–Kier alpha value is -2.01. The van der Waals surface area contributed by atoms with Crippen molar-refractivity contribution < 1.29 is 14.3 Å². The van der Waals surface area contributed by atoms with Crippen molar-refractivity contribution in [1.82, 2.24) is 9.78 Å². The molecule has 2 rings (SSSR count). The van der Waals surface area contributed by atoms with Gasteiger partial charge in [-0.2, -0.15) is 5.10 Å². The van der Waals surface area contributed by atoms with Crippen molar-refractivity contribution in [3.63, 3.8) is 0 Å². The predicted molar refractivity (Wildman–Crippen MR) is 75.7 cm³/mol. The third kappa shape index (κ3) is 2.77. The Morgan fingerprint density at radius 3 is 2.75 bits per heavy atom. The monoisotopic (exact) mass is 294 g/mol. The number of aryl methyl sites for hydroxylation is 2. The van der Waals surface area contributed by atoms with Crippen LogP contribution in [0.25, 0.3) is 0 Å². The SMILES string of the molecule is COc1ccc(C=O)c(OCc2c(Cl)c(C)nn2C)c1. The van der Waals surface area contributed by atoms with Crippen molar-refractivity contribution in [2.45, 2.75) is 13.5 Å². The van der Waals surface area contributed by atoms with E-state index in [1.807, 2.05) is 6.92 Å². The van der Waals surface area contributed by atoms with Gasteiger partial charge in [0.05, 0.1) is 29.1 Å². The first-order valence-corrected chi connectivity index (χ1v) is 6.38. The Kier molecular flexibility index (Phi) is 4.29. The van der Waals surface area contributed by atoms with E-state index in [9.17, 15) is 4.79 Å². The molecule has 0 amide bonds. The molecule has 106 valence electrons. The van der Waals surface area contributed by atoms with Gasteiger partial charge in [-0.25, -0.2) is 0 Å². The molecular formula is C14H15ClN2O3. The zero-order valence-corrected chi connectivity index (χ0v) is 12.3. The highest BCUT2D eigenvalue weighted by molar-refractivity contribution is 6.31. The van der Waals surface area contributed by atoms with Gasteiger partial charge in [0.15, 0.2) is 6.29 Å². The number of rotatable bonds is 5. The van der Waals surface area contributed by atoms with Crippen LogP contribution < -0.4 is 9.47 Å². The van der Waals surface area contributed by atoms with Crippen LogP contribution in [-0.2, 0) is 13.7 Å². The molecule has 1 aromatic heterocycles. The highest BCUT2D eigenvalue weighted by atomic mass is 35.5. The number of aldehydes is 1. The second-order valence-corrected chi connectivity index (χ2v) is 4.66. The normalized spacial score (nSPS) is 10.4. The van der Waals surface area contributed by atoms with E-state index in [1.165, 1.54) is 0 Å². The average molecular weight is 295 g/mol. The fourth-order valence-corrected chi connectivity index (χ4v) is 2.06. The zero-order valence-electron chi connectivity index (χ0n) is 11.5. The van der Waals surface area contributed by atoms with Crippen LogP contribution in [0, 0.1) is 6.92 Å². The van der Waals surface area contributed by atoms with E-state index >= 15 is 0 Å². The molecule has 1 heterocycles. The summed E-state index contributed by atoms with van der Waals surface area (Å²) in [6.45, 7) is 2.05. The number of hydrogen-bond donors (Lipinski definition) is 0. The van der Waals surface area contributed by atoms with Gasteiger partial charge in [-0.1, -0.05) is 11.6 Å². The summed E-state index contributed by atoms with van der Waals surface area (Å²) in [6, 6.07) is 5.02. The summed E-state index contributed by atoms with van der Waals surface area (Å²) in [4.78, 5) is 11.0. The predicted octanol–water partition coefficient (Wildman–Crippen LogP) is 2.78. The van der Waals surface area contributed by atoms with Gasteiger partial charge in [0.25, 0.3) is 0 Å². The molecule has 20 heavy (non-hydrogen) atoms. The van der Waals surface area contributed by atoms with Crippen LogP contribution in [0.1, 0.15) is 21.7 Å². The molecule has 0 bridgehead atoms. The quantitative estimate of drug-likeness (QED) is 0.796. The first-order valence-electron chi connectivity index (χ1n) is 6.00. The molecule has 1 aromatic carbocycles. The molecule has 0 fully saturated rings. The second-order valence-electron chi connectivity index (χ2n) is 4.28. The Labute approximate surface area is 122 Å². The lowest BCUT2D eigenvalue weighted by molar-refractivity contribution is 0.111. The molecule has 0 spiro atoms. The molecule has 0 aliphatic rings. The van der Waals surface area contributed by atoms with Crippen LogP contribution in [0.2, 0.25) is 5.02 Å². The van der Waals surface area contributed by atoms with E-state index in [0.29, 0.717) is 22.1 Å². The van der Waals surface area contributed by atoms with E-state index in [1.54, 1.807) is 37.0 Å². The van der Waals surface area contributed by atoms with Gasteiger partial charge in [-0.3, -0.25) is 9.48 Å². The van der Waals surface area contributed by atoms with E-state index in [-0.39, 0.29) is 6.61 Å². The first kappa shape index (κ1) is 14.4. The van der Waals surface area contributed by atoms with Crippen molar-refractivity contribution >= 4 is 17.9 Å². The summed E-state index contributed by atoms with van der Waals surface area (Å²) in [5.41, 5.74) is 1.96. The van der Waals surface area contributed by atoms with Gasteiger partial charge in [0.2, 0.25) is 0 Å². The average Bonchev–Trinajstić information content (AvgIpc) is 2.70. The van der Waals surface area contributed by atoms with Crippen LogP contribution in [0.15, 0.2) is 18.2 Å². The molecule has 0 atom stereocenters. The van der Waals surface area contributed by atoms with Gasteiger partial charge in [0.1, 0.15) is 18.1 Å². The number of carbonyl (C=O) groups excluding carboxylic acids is 1. The second kappa shape index (κ2) is 5.96. The number of carbonyl (C=O) groups is 1. The number of halogens is 1. The van der Waals surface area contributed by atoms with E-state index in [0.717, 1.165) is 17.7 Å². The lowest BCUT2D eigenvalue weighted by atomic mass is 10.2. The van der Waals surface area contributed by atoms with Crippen LogP contribution in [0.3, 0.4) is 0 Å². The fraction of sp³-hybridized carbons (Fsp3) is 0.286. The minimum absolute atomic E-state index is 0.226. The van der Waals surface area contributed by atoms with Crippen molar-refractivity contribution in [1.29, 1.82) is 0 Å². The summed E-state index contributed by atoms with van der Waals surface area (Å²) in [7, 11) is 3.35. The lowest BCUT2D eigenvalue weighted by Crippen LogP contribution is -2.05. The van der Waals surface area contributed by atoms with Gasteiger partial charge < -0.3 is 9.47 Å². The van der Waals surface area contributed by atoms with Gasteiger partial charge >= 0.3 is 0 Å². The number of aromatic nitrogens is 2. The summed E-state index contributed by atoms with van der Waals surface area (Å²) in [6.07, 6.45) is 0.741. The molecule has 0 unspecified atom stereocenters. The highest BCUT2D eigenvalue weighted by Gasteiger charge is 2.13. The van der Waals surface area contributed by atoms with Crippen molar-refractivity contribution in [2.24, 2.45) is 7.05 Å². The minimum Gasteiger partial charge on any atom is -0.497 e. The molecule has 0 radical (unpaired) electrons. The van der Waals surface area contributed by atoms with E-state index in [2.05, 4.69) is 5.10 Å². The molecular weight excluding hydrogens is 280 g/mol. The summed E-state index contributed by atoms with van der Waals surface area (Å²) in [5, 5.41) is 4.78. The Balaban J connectivity index is 2.24. The molecule has 2 aromatic rings. The number of methoxy groups -OCH3 is 1. The Bertz CT molecular complexity index is 638. The number of ether oxygens (including phenoxy) is 2. The zero-order chi connectivity index (χ0) is 14.7. The standard InChI is InChI=1S/C14H15ClN2O3/c1-9-14(15)12(17(2)16-9)8-20-13-6-11(19-3)5-4-10(13)7-18/h4-7H,8H2,1-3H3. The van der Waals surface area contributed by atoms with Gasteiger partial charge in [0, 0.05) is 13.1 Å². The minimum atomic E-state index is 0.226. The third-order valence-electron chi connectivity index (χ3n) is 2.97. The van der Waals surface area contributed by atoms with Crippen molar-refractivity contribution in [3.05, 3.63) is 40.2 Å². The van der Waals surface area contributed by atoms with Crippen molar-refractivity contribution in [3.8, 4) is 11.5 Å². The van der Waals surface area contributed by atoms with Crippen LogP contribution in [0.5, 0.6) is 11.5 Å². The summed E-state index contributed by atoms with van der Waals surface area (Å²) in [5.74, 6) is 1.08. The van der Waals surface area contributed by atoms with Gasteiger partial charge in [-0.15, -0.1) is 0 Å². The number of benzene rings is 1. The largest absolute Gasteiger partial charge is 0.497 e. The summed E-state index contributed by atoms with van der Waals surface area (Å²) < 4.78 is 12.5. The molecule has 6 heteroatoms. The number of hydrogen-bond acceptors (Lipinski definition) is 4. The van der Waals surface area contributed by atoms with E-state index in [4.69, 9.17) is 21.1 Å². The highest BCUT2D eigenvalue weighted by Crippen LogP contribution is 2.26. The third-order valence-corrected chi connectivity index (χ3v) is 3.47. The van der Waals surface area contributed by atoms with E-state index < -0.39 is 0 Å². The number of nitrogens with zero attached hydrogens (tertiary/aromatic N) is 2.